The molecule has 108 valence electrons. The highest BCUT2D eigenvalue weighted by Gasteiger charge is 2.21. The predicted molar refractivity (Wildman–Crippen MR) is 81.2 cm³/mol. The summed E-state index contributed by atoms with van der Waals surface area (Å²) in [4.78, 5) is 5.41. The molecule has 0 saturated heterocycles. The SMILES string of the molecule is Cc1nc(C)c(C(C)NS(=O)(=O)c2cccc(N)c2)s1. The number of sulfonamides is 1. The van der Waals surface area contributed by atoms with Gasteiger partial charge >= 0.3 is 0 Å². The molecule has 0 aliphatic heterocycles. The maximum absolute atomic E-state index is 12.3. The Morgan fingerprint density at radius 3 is 2.60 bits per heavy atom. The van der Waals surface area contributed by atoms with Gasteiger partial charge in [0.25, 0.3) is 0 Å². The maximum atomic E-state index is 12.3. The highest BCUT2D eigenvalue weighted by molar-refractivity contribution is 7.89. The lowest BCUT2D eigenvalue weighted by atomic mass is 10.2. The number of nitrogens with two attached hydrogens (primary N) is 1. The fourth-order valence-electron chi connectivity index (χ4n) is 1.98. The molecule has 7 heteroatoms. The van der Waals surface area contributed by atoms with Gasteiger partial charge in [0.15, 0.2) is 0 Å². The molecule has 1 unspecified atom stereocenters. The number of hydrogen-bond acceptors (Lipinski definition) is 5. The number of nitrogen functional groups attached to an aromatic ring is 1. The highest BCUT2D eigenvalue weighted by atomic mass is 32.2. The Hall–Kier alpha value is -1.44. The van der Waals surface area contributed by atoms with Gasteiger partial charge in [-0.25, -0.2) is 18.1 Å². The Labute approximate surface area is 122 Å². The lowest BCUT2D eigenvalue weighted by molar-refractivity contribution is 0.568. The summed E-state index contributed by atoms with van der Waals surface area (Å²) >= 11 is 1.50. The number of thiazole rings is 1. The minimum Gasteiger partial charge on any atom is -0.399 e. The third kappa shape index (κ3) is 3.17. The van der Waals surface area contributed by atoms with Crippen LogP contribution in [0, 0.1) is 13.8 Å². The molecule has 0 bridgehead atoms. The van der Waals surface area contributed by atoms with Crippen LogP contribution in [0.25, 0.3) is 0 Å². The average Bonchev–Trinajstić information content (AvgIpc) is 2.68. The summed E-state index contributed by atoms with van der Waals surface area (Å²) in [6.45, 7) is 5.59. The molecular formula is C13H17N3O2S2. The predicted octanol–water partition coefficient (Wildman–Crippen LogP) is 2.38. The van der Waals surface area contributed by atoms with E-state index in [1.807, 2.05) is 20.8 Å². The van der Waals surface area contributed by atoms with E-state index < -0.39 is 10.0 Å². The Balaban J connectivity index is 2.26. The van der Waals surface area contributed by atoms with Crippen molar-refractivity contribution in [3.8, 4) is 0 Å². The van der Waals surface area contributed by atoms with Crippen LogP contribution in [0.1, 0.15) is 28.5 Å². The van der Waals surface area contributed by atoms with E-state index in [2.05, 4.69) is 9.71 Å². The molecule has 20 heavy (non-hydrogen) atoms. The van der Waals surface area contributed by atoms with E-state index >= 15 is 0 Å². The first kappa shape index (κ1) is 15.0. The molecule has 1 aromatic heterocycles. The zero-order chi connectivity index (χ0) is 14.9. The molecule has 0 radical (unpaired) electrons. The zero-order valence-corrected chi connectivity index (χ0v) is 13.2. The molecule has 1 atom stereocenters. The number of benzene rings is 1. The van der Waals surface area contributed by atoms with Gasteiger partial charge < -0.3 is 5.73 Å². The number of aromatic nitrogens is 1. The first-order chi connectivity index (χ1) is 9.29. The highest BCUT2D eigenvalue weighted by Crippen LogP contribution is 2.26. The smallest absolute Gasteiger partial charge is 0.241 e. The van der Waals surface area contributed by atoms with Crippen LogP contribution in [0.4, 0.5) is 5.69 Å². The van der Waals surface area contributed by atoms with E-state index in [0.717, 1.165) is 15.6 Å². The second-order valence-corrected chi connectivity index (χ2v) is 7.55. The van der Waals surface area contributed by atoms with Gasteiger partial charge in [-0.3, -0.25) is 0 Å². The molecule has 3 N–H and O–H groups in total. The van der Waals surface area contributed by atoms with E-state index in [1.54, 1.807) is 12.1 Å². The topological polar surface area (TPSA) is 85.1 Å². The largest absolute Gasteiger partial charge is 0.399 e. The second kappa shape index (κ2) is 5.51. The van der Waals surface area contributed by atoms with Crippen LogP contribution in [-0.4, -0.2) is 13.4 Å². The van der Waals surface area contributed by atoms with Gasteiger partial charge in [-0.05, 0) is 39.0 Å². The summed E-state index contributed by atoms with van der Waals surface area (Å²) in [7, 11) is -3.59. The molecular weight excluding hydrogens is 294 g/mol. The van der Waals surface area contributed by atoms with E-state index in [1.165, 1.54) is 23.5 Å². The molecule has 0 fully saturated rings. The molecule has 0 amide bonds. The van der Waals surface area contributed by atoms with Crippen molar-refractivity contribution in [2.45, 2.75) is 31.7 Å². The number of rotatable bonds is 4. The van der Waals surface area contributed by atoms with Gasteiger partial charge in [0.2, 0.25) is 10.0 Å². The molecule has 1 aromatic carbocycles. The van der Waals surface area contributed by atoms with E-state index in [0.29, 0.717) is 5.69 Å². The minimum atomic E-state index is -3.59. The van der Waals surface area contributed by atoms with Gasteiger partial charge in [0.05, 0.1) is 21.6 Å². The summed E-state index contributed by atoms with van der Waals surface area (Å²) in [5.74, 6) is 0. The van der Waals surface area contributed by atoms with E-state index in [4.69, 9.17) is 5.73 Å². The van der Waals surface area contributed by atoms with Gasteiger partial charge in [0, 0.05) is 10.6 Å². The lowest BCUT2D eigenvalue weighted by Crippen LogP contribution is -2.26. The molecule has 0 saturated carbocycles. The van der Waals surface area contributed by atoms with E-state index in [9.17, 15) is 8.42 Å². The van der Waals surface area contributed by atoms with Crippen LogP contribution < -0.4 is 10.5 Å². The Morgan fingerprint density at radius 2 is 2.05 bits per heavy atom. The van der Waals surface area contributed by atoms with Gasteiger partial charge in [-0.1, -0.05) is 6.07 Å². The number of anilines is 1. The van der Waals surface area contributed by atoms with Crippen molar-refractivity contribution in [2.24, 2.45) is 0 Å². The van der Waals surface area contributed by atoms with Gasteiger partial charge in [0.1, 0.15) is 0 Å². The van der Waals surface area contributed by atoms with Crippen molar-refractivity contribution in [3.05, 3.63) is 39.8 Å². The molecule has 2 aromatic rings. The third-order valence-corrected chi connectivity index (χ3v) is 5.63. The van der Waals surface area contributed by atoms with Crippen molar-refractivity contribution >= 4 is 27.0 Å². The van der Waals surface area contributed by atoms with E-state index in [-0.39, 0.29) is 10.9 Å². The van der Waals surface area contributed by atoms with Crippen molar-refractivity contribution in [1.29, 1.82) is 0 Å². The Morgan fingerprint density at radius 1 is 1.35 bits per heavy atom. The fourth-order valence-corrected chi connectivity index (χ4v) is 4.26. The number of nitrogens with zero attached hydrogens (tertiary/aromatic N) is 1. The van der Waals surface area contributed by atoms with Crippen LogP contribution in [0.15, 0.2) is 29.2 Å². The van der Waals surface area contributed by atoms with Crippen molar-refractivity contribution in [2.75, 3.05) is 5.73 Å². The Kier molecular flexibility index (Phi) is 4.12. The molecule has 2 rings (SSSR count). The quantitative estimate of drug-likeness (QED) is 0.849. The van der Waals surface area contributed by atoms with Crippen LogP contribution in [-0.2, 0) is 10.0 Å². The van der Waals surface area contributed by atoms with Crippen LogP contribution >= 0.6 is 11.3 Å². The van der Waals surface area contributed by atoms with Crippen molar-refractivity contribution in [1.82, 2.24) is 9.71 Å². The summed E-state index contributed by atoms with van der Waals surface area (Å²) in [5.41, 5.74) is 6.90. The van der Waals surface area contributed by atoms with Crippen LogP contribution in [0.2, 0.25) is 0 Å². The van der Waals surface area contributed by atoms with Crippen LogP contribution in [0.3, 0.4) is 0 Å². The zero-order valence-electron chi connectivity index (χ0n) is 11.5. The average molecular weight is 311 g/mol. The minimum absolute atomic E-state index is 0.170. The number of nitrogens with one attached hydrogen (secondary N) is 1. The molecule has 5 nitrogen and oxygen atoms in total. The summed E-state index contributed by atoms with van der Waals surface area (Å²) < 4.78 is 27.3. The molecule has 0 spiro atoms. The summed E-state index contributed by atoms with van der Waals surface area (Å²) in [6.07, 6.45) is 0. The van der Waals surface area contributed by atoms with Gasteiger partial charge in [-0.2, -0.15) is 0 Å². The summed E-state index contributed by atoms with van der Waals surface area (Å²) in [5, 5.41) is 0.924. The number of aryl methyl sites for hydroxylation is 2. The third-order valence-electron chi connectivity index (χ3n) is 2.83. The standard InChI is InChI=1S/C13H17N3O2S2/c1-8-13(19-10(3)15-8)9(2)16-20(17,18)12-6-4-5-11(14)7-12/h4-7,9,16H,14H2,1-3H3. The first-order valence-corrected chi connectivity index (χ1v) is 8.41. The number of hydrogen-bond donors (Lipinski definition) is 2. The second-order valence-electron chi connectivity index (χ2n) is 4.60. The summed E-state index contributed by atoms with van der Waals surface area (Å²) in [6, 6.07) is 5.92. The van der Waals surface area contributed by atoms with Crippen molar-refractivity contribution in [3.63, 3.8) is 0 Å². The normalized spacial score (nSPS) is 13.3. The molecule has 0 aliphatic rings. The maximum Gasteiger partial charge on any atom is 0.241 e. The fraction of sp³-hybridized carbons (Fsp3) is 0.308. The monoisotopic (exact) mass is 311 g/mol. The Bertz CT molecular complexity index is 723. The lowest BCUT2D eigenvalue weighted by Gasteiger charge is -2.13. The first-order valence-electron chi connectivity index (χ1n) is 6.11. The van der Waals surface area contributed by atoms with Crippen molar-refractivity contribution < 1.29 is 8.42 Å². The van der Waals surface area contributed by atoms with Crippen LogP contribution in [0.5, 0.6) is 0 Å². The molecule has 1 heterocycles. The van der Waals surface area contributed by atoms with Gasteiger partial charge in [-0.15, -0.1) is 11.3 Å². The molecule has 0 aliphatic carbocycles.